The van der Waals surface area contributed by atoms with Gasteiger partial charge in [0, 0.05) is 19.1 Å². The summed E-state index contributed by atoms with van der Waals surface area (Å²) in [7, 11) is 2.16. The predicted octanol–water partition coefficient (Wildman–Crippen LogP) is 0.927. The van der Waals surface area contributed by atoms with E-state index in [2.05, 4.69) is 16.8 Å². The summed E-state index contributed by atoms with van der Waals surface area (Å²) in [5.74, 6) is 0. The lowest BCUT2D eigenvalue weighted by Crippen LogP contribution is -2.41. The Balaban J connectivity index is 1.69. The van der Waals surface area contributed by atoms with Crippen LogP contribution in [0.4, 0.5) is 0 Å². The van der Waals surface area contributed by atoms with E-state index in [0.29, 0.717) is 6.04 Å². The van der Waals surface area contributed by atoms with Gasteiger partial charge in [0.05, 0.1) is 6.10 Å². The molecule has 1 aliphatic carbocycles. The Morgan fingerprint density at radius 3 is 2.53 bits per heavy atom. The van der Waals surface area contributed by atoms with Gasteiger partial charge >= 0.3 is 0 Å². The normalized spacial score (nSPS) is 33.0. The number of hydrogen-bond acceptors (Lipinski definition) is 3. The lowest BCUT2D eigenvalue weighted by Gasteiger charge is -2.28. The lowest BCUT2D eigenvalue weighted by atomic mass is 10.2. The molecule has 1 saturated heterocycles. The van der Waals surface area contributed by atoms with Crippen molar-refractivity contribution in [3.05, 3.63) is 0 Å². The third kappa shape index (κ3) is 2.92. The van der Waals surface area contributed by atoms with E-state index >= 15 is 0 Å². The van der Waals surface area contributed by atoms with Crippen molar-refractivity contribution in [1.29, 1.82) is 0 Å². The quantitative estimate of drug-likeness (QED) is 0.751. The minimum Gasteiger partial charge on any atom is -0.391 e. The summed E-state index contributed by atoms with van der Waals surface area (Å²) < 4.78 is 0. The average molecular weight is 212 g/mol. The van der Waals surface area contributed by atoms with Crippen molar-refractivity contribution < 1.29 is 5.11 Å². The number of likely N-dealkylation sites (N-methyl/N-ethyl adjacent to an activating group) is 1. The Bertz CT molecular complexity index is 192. The van der Waals surface area contributed by atoms with E-state index in [1.54, 1.807) is 0 Å². The van der Waals surface area contributed by atoms with E-state index in [9.17, 15) is 5.11 Å². The average Bonchev–Trinajstić information content (AvgIpc) is 2.84. The number of rotatable bonds is 4. The van der Waals surface area contributed by atoms with E-state index in [1.807, 2.05) is 0 Å². The van der Waals surface area contributed by atoms with Crippen molar-refractivity contribution in [3.8, 4) is 0 Å². The molecule has 0 amide bonds. The van der Waals surface area contributed by atoms with Crippen molar-refractivity contribution in [1.82, 2.24) is 9.80 Å². The smallest absolute Gasteiger partial charge is 0.0695 e. The zero-order chi connectivity index (χ0) is 10.7. The van der Waals surface area contributed by atoms with Crippen molar-refractivity contribution in [3.63, 3.8) is 0 Å². The molecule has 0 aromatic rings. The highest BCUT2D eigenvalue weighted by atomic mass is 16.3. The van der Waals surface area contributed by atoms with Crippen LogP contribution in [0, 0.1) is 0 Å². The van der Waals surface area contributed by atoms with E-state index < -0.39 is 0 Å². The fourth-order valence-corrected chi connectivity index (χ4v) is 2.91. The second-order valence-electron chi connectivity index (χ2n) is 5.09. The molecule has 88 valence electrons. The van der Waals surface area contributed by atoms with Crippen LogP contribution in [0.5, 0.6) is 0 Å². The molecule has 2 unspecified atom stereocenters. The van der Waals surface area contributed by atoms with Gasteiger partial charge in [0.2, 0.25) is 0 Å². The van der Waals surface area contributed by atoms with Crippen LogP contribution in [-0.2, 0) is 0 Å². The summed E-state index contributed by atoms with van der Waals surface area (Å²) in [4.78, 5) is 4.90. The summed E-state index contributed by atoms with van der Waals surface area (Å²) in [5.41, 5.74) is 0. The van der Waals surface area contributed by atoms with Gasteiger partial charge in [0.25, 0.3) is 0 Å². The molecule has 2 atom stereocenters. The zero-order valence-corrected chi connectivity index (χ0v) is 9.86. The van der Waals surface area contributed by atoms with Crippen molar-refractivity contribution in [2.45, 2.75) is 44.2 Å². The summed E-state index contributed by atoms with van der Waals surface area (Å²) in [6, 6.07) is 0.424. The first-order valence-electron chi connectivity index (χ1n) is 6.38. The maximum absolute atomic E-state index is 9.80. The Morgan fingerprint density at radius 1 is 1.20 bits per heavy atom. The van der Waals surface area contributed by atoms with Crippen LogP contribution in [0.15, 0.2) is 0 Å². The molecular formula is C12H24N2O. The molecule has 3 nitrogen and oxygen atoms in total. The fourth-order valence-electron chi connectivity index (χ4n) is 2.91. The first-order valence-corrected chi connectivity index (χ1v) is 6.38. The maximum atomic E-state index is 9.80. The largest absolute Gasteiger partial charge is 0.391 e. The Labute approximate surface area is 93.1 Å². The van der Waals surface area contributed by atoms with Gasteiger partial charge in [-0.1, -0.05) is 0 Å². The van der Waals surface area contributed by atoms with Crippen molar-refractivity contribution >= 4 is 0 Å². The number of aliphatic hydroxyl groups is 1. The predicted molar refractivity (Wildman–Crippen MR) is 61.9 cm³/mol. The molecule has 1 N–H and O–H groups in total. The molecule has 2 aliphatic rings. The van der Waals surface area contributed by atoms with Gasteiger partial charge in [0.1, 0.15) is 0 Å². The van der Waals surface area contributed by atoms with E-state index in [4.69, 9.17) is 0 Å². The molecule has 2 fully saturated rings. The van der Waals surface area contributed by atoms with Crippen LogP contribution < -0.4 is 0 Å². The van der Waals surface area contributed by atoms with Crippen molar-refractivity contribution in [2.75, 3.05) is 33.2 Å². The van der Waals surface area contributed by atoms with E-state index in [-0.39, 0.29) is 6.10 Å². The molecule has 0 aromatic heterocycles. The van der Waals surface area contributed by atoms with Gasteiger partial charge in [0.15, 0.2) is 0 Å². The van der Waals surface area contributed by atoms with Crippen molar-refractivity contribution in [2.24, 2.45) is 0 Å². The Kier molecular flexibility index (Phi) is 4.00. The number of nitrogens with zero attached hydrogens (tertiary/aromatic N) is 2. The van der Waals surface area contributed by atoms with Crippen LogP contribution in [-0.4, -0.2) is 60.3 Å². The highest BCUT2D eigenvalue weighted by Crippen LogP contribution is 2.23. The molecule has 0 radical (unpaired) electrons. The van der Waals surface area contributed by atoms with Crippen LogP contribution >= 0.6 is 0 Å². The molecule has 0 aromatic carbocycles. The molecule has 1 heterocycles. The zero-order valence-electron chi connectivity index (χ0n) is 9.86. The highest BCUT2D eigenvalue weighted by molar-refractivity contribution is 4.84. The molecule has 1 aliphatic heterocycles. The molecule has 0 spiro atoms. The first kappa shape index (κ1) is 11.4. The third-order valence-corrected chi connectivity index (χ3v) is 3.98. The molecule has 1 saturated carbocycles. The van der Waals surface area contributed by atoms with Crippen LogP contribution in [0.1, 0.15) is 32.1 Å². The molecule has 15 heavy (non-hydrogen) atoms. The molecule has 0 bridgehead atoms. The number of likely N-dealkylation sites (tertiary alicyclic amines) is 1. The number of hydrogen-bond donors (Lipinski definition) is 1. The monoisotopic (exact) mass is 212 g/mol. The molecule has 2 rings (SSSR count). The summed E-state index contributed by atoms with van der Waals surface area (Å²) in [5, 5.41) is 9.80. The SMILES string of the molecule is CN(CCN1CCCC1)C1CCCC1O. The van der Waals surface area contributed by atoms with Crippen LogP contribution in [0.2, 0.25) is 0 Å². The Hall–Kier alpha value is -0.120. The summed E-state index contributed by atoms with van der Waals surface area (Å²) >= 11 is 0. The van der Waals surface area contributed by atoms with Crippen LogP contribution in [0.25, 0.3) is 0 Å². The van der Waals surface area contributed by atoms with Gasteiger partial charge < -0.3 is 10.0 Å². The summed E-state index contributed by atoms with van der Waals surface area (Å²) in [6.45, 7) is 4.85. The fraction of sp³-hybridized carbons (Fsp3) is 1.00. The van der Waals surface area contributed by atoms with E-state index in [1.165, 1.54) is 45.3 Å². The topological polar surface area (TPSA) is 26.7 Å². The van der Waals surface area contributed by atoms with Crippen LogP contribution in [0.3, 0.4) is 0 Å². The van der Waals surface area contributed by atoms with E-state index in [0.717, 1.165) is 13.0 Å². The lowest BCUT2D eigenvalue weighted by molar-refractivity contribution is 0.0811. The molecule has 3 heteroatoms. The second-order valence-corrected chi connectivity index (χ2v) is 5.09. The Morgan fingerprint density at radius 2 is 1.93 bits per heavy atom. The van der Waals surface area contributed by atoms with Gasteiger partial charge in [-0.2, -0.15) is 0 Å². The molecular weight excluding hydrogens is 188 g/mol. The third-order valence-electron chi connectivity index (χ3n) is 3.98. The minimum absolute atomic E-state index is 0.0754. The standard InChI is InChI=1S/C12H24N2O/c1-13(11-5-4-6-12(11)15)9-10-14-7-2-3-8-14/h11-12,15H,2-10H2,1H3. The second kappa shape index (κ2) is 5.28. The minimum atomic E-state index is -0.0754. The van der Waals surface area contributed by atoms with Gasteiger partial charge in [-0.25, -0.2) is 0 Å². The first-order chi connectivity index (χ1) is 7.27. The maximum Gasteiger partial charge on any atom is 0.0695 e. The van der Waals surface area contributed by atoms with Gasteiger partial charge in [-0.3, -0.25) is 4.90 Å². The van der Waals surface area contributed by atoms with Gasteiger partial charge in [-0.05, 0) is 52.2 Å². The van der Waals surface area contributed by atoms with Gasteiger partial charge in [-0.15, -0.1) is 0 Å². The summed E-state index contributed by atoms with van der Waals surface area (Å²) in [6.07, 6.45) is 6.04. The number of aliphatic hydroxyl groups excluding tert-OH is 1. The highest BCUT2D eigenvalue weighted by Gasteiger charge is 2.28.